The minimum Gasteiger partial charge on any atom is -0.497 e. The summed E-state index contributed by atoms with van der Waals surface area (Å²) in [5, 5.41) is 3.67. The Morgan fingerprint density at radius 2 is 1.96 bits per heavy atom. The van der Waals surface area contributed by atoms with Gasteiger partial charge in [0.05, 0.1) is 17.5 Å². The molecule has 0 atom stereocenters. The van der Waals surface area contributed by atoms with Crippen LogP contribution in [0.3, 0.4) is 0 Å². The van der Waals surface area contributed by atoms with Crippen LogP contribution in [0.1, 0.15) is 5.56 Å². The Kier molecular flexibility index (Phi) is 4.54. The first-order valence-electron chi connectivity index (χ1n) is 7.39. The number of anilines is 1. The van der Waals surface area contributed by atoms with Crippen LogP contribution in [-0.2, 0) is 16.4 Å². The second-order valence-corrected chi connectivity index (χ2v) is 7.54. The smallest absolute Gasteiger partial charge is 0.175 e. The van der Waals surface area contributed by atoms with Crippen molar-refractivity contribution in [2.45, 2.75) is 11.4 Å². The predicted molar refractivity (Wildman–Crippen MR) is 92.9 cm³/mol. The van der Waals surface area contributed by atoms with Gasteiger partial charge in [-0.2, -0.15) is 0 Å². The zero-order chi connectivity index (χ0) is 18.0. The van der Waals surface area contributed by atoms with E-state index in [1.807, 2.05) is 0 Å². The highest BCUT2D eigenvalue weighted by Crippen LogP contribution is 2.24. The Morgan fingerprint density at radius 1 is 1.16 bits per heavy atom. The molecule has 0 radical (unpaired) electrons. The van der Waals surface area contributed by atoms with Crippen LogP contribution < -0.4 is 10.1 Å². The lowest BCUT2D eigenvalue weighted by molar-refractivity contribution is 0.410. The summed E-state index contributed by atoms with van der Waals surface area (Å²) in [5.41, 5.74) is 1.28. The largest absolute Gasteiger partial charge is 0.497 e. The lowest BCUT2D eigenvalue weighted by Crippen LogP contribution is -2.04. The lowest BCUT2D eigenvalue weighted by Gasteiger charge is -2.10. The van der Waals surface area contributed by atoms with E-state index in [2.05, 4.69) is 15.3 Å². The summed E-state index contributed by atoms with van der Waals surface area (Å²) in [6, 6.07) is 9.05. The fraction of sp³-hybridized carbons (Fsp3) is 0.176. The standard InChI is InChI=1S/C17H16FN3O3S/c1-24-13-6-11(5-12(18)7-13)9-19-17-15-8-14(25(2,22)23)3-4-16(15)20-10-21-17/h3-8,10H,9H2,1-2H3,(H,19,20,21). The van der Waals surface area contributed by atoms with Crippen LogP contribution >= 0.6 is 0 Å². The van der Waals surface area contributed by atoms with Crippen molar-refractivity contribution in [3.8, 4) is 5.75 Å². The van der Waals surface area contributed by atoms with Crippen LogP contribution in [0.25, 0.3) is 10.9 Å². The molecule has 1 aromatic heterocycles. The molecule has 0 bridgehead atoms. The molecule has 25 heavy (non-hydrogen) atoms. The Bertz CT molecular complexity index is 1040. The van der Waals surface area contributed by atoms with Crippen LogP contribution in [0, 0.1) is 5.82 Å². The Morgan fingerprint density at radius 3 is 2.68 bits per heavy atom. The van der Waals surface area contributed by atoms with Gasteiger partial charge in [-0.15, -0.1) is 0 Å². The monoisotopic (exact) mass is 361 g/mol. The number of nitrogens with one attached hydrogen (secondary N) is 1. The maximum atomic E-state index is 13.6. The zero-order valence-corrected chi connectivity index (χ0v) is 14.5. The molecule has 0 saturated carbocycles. The zero-order valence-electron chi connectivity index (χ0n) is 13.7. The molecule has 6 nitrogen and oxygen atoms in total. The molecule has 0 saturated heterocycles. The first-order valence-corrected chi connectivity index (χ1v) is 9.28. The van der Waals surface area contributed by atoms with Crippen molar-refractivity contribution in [3.63, 3.8) is 0 Å². The van der Waals surface area contributed by atoms with Gasteiger partial charge < -0.3 is 10.1 Å². The summed E-state index contributed by atoms with van der Waals surface area (Å²) in [6.45, 7) is 0.295. The fourth-order valence-electron chi connectivity index (χ4n) is 2.43. The van der Waals surface area contributed by atoms with E-state index in [9.17, 15) is 12.8 Å². The van der Waals surface area contributed by atoms with Crippen molar-refractivity contribution < 1.29 is 17.5 Å². The first kappa shape index (κ1) is 17.1. The Hall–Kier alpha value is -2.74. The molecule has 0 unspecified atom stereocenters. The molecule has 0 fully saturated rings. The van der Waals surface area contributed by atoms with Crippen LogP contribution in [0.5, 0.6) is 5.75 Å². The Balaban J connectivity index is 1.95. The van der Waals surface area contributed by atoms with Crippen LogP contribution in [0.4, 0.5) is 10.2 Å². The van der Waals surface area contributed by atoms with Crippen LogP contribution in [0.15, 0.2) is 47.6 Å². The maximum absolute atomic E-state index is 13.6. The van der Waals surface area contributed by atoms with Gasteiger partial charge in [0.15, 0.2) is 9.84 Å². The van der Waals surface area contributed by atoms with Gasteiger partial charge in [0, 0.05) is 24.3 Å². The molecule has 0 amide bonds. The highest BCUT2D eigenvalue weighted by Gasteiger charge is 2.11. The number of rotatable bonds is 5. The van der Waals surface area contributed by atoms with E-state index in [4.69, 9.17) is 4.74 Å². The summed E-state index contributed by atoms with van der Waals surface area (Å²) >= 11 is 0. The number of sulfone groups is 1. The van der Waals surface area contributed by atoms with E-state index in [0.717, 1.165) is 6.26 Å². The van der Waals surface area contributed by atoms with E-state index in [0.29, 0.717) is 34.6 Å². The summed E-state index contributed by atoms with van der Waals surface area (Å²) < 4.78 is 42.1. The van der Waals surface area contributed by atoms with Gasteiger partial charge >= 0.3 is 0 Å². The molecule has 8 heteroatoms. The first-order chi connectivity index (χ1) is 11.9. The maximum Gasteiger partial charge on any atom is 0.175 e. The number of halogens is 1. The van der Waals surface area contributed by atoms with Gasteiger partial charge in [0.25, 0.3) is 0 Å². The molecule has 1 N–H and O–H groups in total. The van der Waals surface area contributed by atoms with Crippen molar-refractivity contribution in [1.82, 2.24) is 9.97 Å². The normalized spacial score (nSPS) is 11.5. The number of fused-ring (bicyclic) bond motifs is 1. The number of methoxy groups -OCH3 is 1. The molecule has 3 aromatic rings. The highest BCUT2D eigenvalue weighted by atomic mass is 32.2. The molecule has 130 valence electrons. The SMILES string of the molecule is COc1cc(F)cc(CNc2ncnc3ccc(S(C)(=O)=O)cc23)c1. The van der Waals surface area contributed by atoms with Gasteiger partial charge in [-0.3, -0.25) is 0 Å². The third-order valence-electron chi connectivity index (χ3n) is 3.66. The van der Waals surface area contributed by atoms with E-state index >= 15 is 0 Å². The van der Waals surface area contributed by atoms with Crippen LogP contribution in [0.2, 0.25) is 0 Å². The average molecular weight is 361 g/mol. The molecular weight excluding hydrogens is 345 g/mol. The minimum atomic E-state index is -3.34. The number of hydrogen-bond donors (Lipinski definition) is 1. The van der Waals surface area contributed by atoms with Gasteiger partial charge in [0.2, 0.25) is 0 Å². The second kappa shape index (κ2) is 6.64. The molecular formula is C17H16FN3O3S. The average Bonchev–Trinajstić information content (AvgIpc) is 2.58. The van der Waals surface area contributed by atoms with Crippen molar-refractivity contribution in [3.05, 3.63) is 54.1 Å². The molecule has 2 aromatic carbocycles. The van der Waals surface area contributed by atoms with Crippen molar-refractivity contribution in [2.24, 2.45) is 0 Å². The van der Waals surface area contributed by atoms with Crippen molar-refractivity contribution >= 4 is 26.6 Å². The minimum absolute atomic E-state index is 0.185. The van der Waals surface area contributed by atoms with Crippen molar-refractivity contribution in [1.29, 1.82) is 0 Å². The van der Waals surface area contributed by atoms with Gasteiger partial charge in [-0.1, -0.05) is 0 Å². The molecule has 3 rings (SSSR count). The molecule has 0 aliphatic carbocycles. The fourth-order valence-corrected chi connectivity index (χ4v) is 3.08. The topological polar surface area (TPSA) is 81.2 Å². The third-order valence-corrected chi connectivity index (χ3v) is 4.77. The molecule has 1 heterocycles. The van der Waals surface area contributed by atoms with E-state index in [-0.39, 0.29) is 4.90 Å². The van der Waals surface area contributed by atoms with Crippen LogP contribution in [-0.4, -0.2) is 31.8 Å². The van der Waals surface area contributed by atoms with Gasteiger partial charge in [0.1, 0.15) is 23.7 Å². The summed E-state index contributed by atoms with van der Waals surface area (Å²) in [4.78, 5) is 8.49. The van der Waals surface area contributed by atoms with E-state index < -0.39 is 15.7 Å². The number of benzene rings is 2. The highest BCUT2D eigenvalue weighted by molar-refractivity contribution is 7.90. The Labute approximate surface area is 144 Å². The molecule has 0 spiro atoms. The third kappa shape index (κ3) is 3.85. The number of nitrogens with zero attached hydrogens (tertiary/aromatic N) is 2. The summed E-state index contributed by atoms with van der Waals surface area (Å²) in [6.07, 6.45) is 2.53. The van der Waals surface area contributed by atoms with Gasteiger partial charge in [-0.25, -0.2) is 22.8 Å². The number of hydrogen-bond acceptors (Lipinski definition) is 6. The number of aromatic nitrogens is 2. The van der Waals surface area contributed by atoms with E-state index in [1.54, 1.807) is 12.1 Å². The predicted octanol–water partition coefficient (Wildman–Crippen LogP) is 2.79. The summed E-state index contributed by atoms with van der Waals surface area (Å²) in [7, 11) is -1.87. The second-order valence-electron chi connectivity index (χ2n) is 5.53. The number of ether oxygens (including phenoxy) is 1. The summed E-state index contributed by atoms with van der Waals surface area (Å²) in [5.74, 6) is 0.491. The quantitative estimate of drug-likeness (QED) is 0.753. The molecule has 0 aliphatic heterocycles. The van der Waals surface area contributed by atoms with Crippen molar-refractivity contribution in [2.75, 3.05) is 18.7 Å². The molecule has 0 aliphatic rings. The van der Waals surface area contributed by atoms with E-state index in [1.165, 1.54) is 37.7 Å². The van der Waals surface area contributed by atoms with Gasteiger partial charge in [-0.05, 0) is 35.9 Å². The lowest BCUT2D eigenvalue weighted by atomic mass is 10.2.